The summed E-state index contributed by atoms with van der Waals surface area (Å²) in [6.45, 7) is 7.04. The van der Waals surface area contributed by atoms with Crippen LogP contribution in [0.2, 0.25) is 0 Å². The van der Waals surface area contributed by atoms with Crippen molar-refractivity contribution in [2.24, 2.45) is 5.41 Å². The summed E-state index contributed by atoms with van der Waals surface area (Å²) in [5.41, 5.74) is -0.491. The van der Waals surface area contributed by atoms with Crippen molar-refractivity contribution in [1.29, 1.82) is 0 Å². The van der Waals surface area contributed by atoms with Gasteiger partial charge in [-0.3, -0.25) is 4.79 Å². The van der Waals surface area contributed by atoms with Crippen LogP contribution in [0.5, 0.6) is 0 Å². The van der Waals surface area contributed by atoms with E-state index in [1.165, 1.54) is 6.92 Å². The Hall–Kier alpha value is -1.44. The standard InChI is InChI=1S/C6H14O3.C4H6O2.C2H4O2/c1-2-6(3-7,4-8)5-9;1-3(2)4(5)6;1-2(3)4/h7-9H,2-5H2,1H3;1H2,2H3,(H,5,6);1H3,(H,3,4). The van der Waals surface area contributed by atoms with E-state index in [4.69, 9.17) is 30.3 Å². The highest BCUT2D eigenvalue weighted by Gasteiger charge is 2.24. The third-order valence-electron chi connectivity index (χ3n) is 2.12. The van der Waals surface area contributed by atoms with Crippen LogP contribution in [0.4, 0.5) is 0 Å². The van der Waals surface area contributed by atoms with Gasteiger partial charge in [0.2, 0.25) is 0 Å². The number of carboxylic acid groups (broad SMARTS) is 2. The minimum atomic E-state index is -0.935. The molecule has 19 heavy (non-hydrogen) atoms. The first kappa shape index (κ1) is 22.7. The third kappa shape index (κ3) is 16.6. The fraction of sp³-hybridized carbons (Fsp3) is 0.667. The van der Waals surface area contributed by atoms with Crippen LogP contribution in [-0.2, 0) is 9.59 Å². The Balaban J connectivity index is -0.000000222. The maximum atomic E-state index is 9.60. The van der Waals surface area contributed by atoms with E-state index in [1.54, 1.807) is 0 Å². The number of hydrogen-bond acceptors (Lipinski definition) is 5. The van der Waals surface area contributed by atoms with Gasteiger partial charge in [-0.1, -0.05) is 13.5 Å². The first-order valence-corrected chi connectivity index (χ1v) is 5.53. The molecular weight excluding hydrogens is 256 g/mol. The Labute approximate surface area is 112 Å². The van der Waals surface area contributed by atoms with Crippen molar-refractivity contribution >= 4 is 11.9 Å². The van der Waals surface area contributed by atoms with Crippen molar-refractivity contribution in [3.8, 4) is 0 Å². The predicted octanol–water partition coefficient (Wildman–Crippen LogP) is 0.0977. The number of aliphatic hydroxyl groups is 3. The minimum Gasteiger partial charge on any atom is -0.481 e. The zero-order valence-corrected chi connectivity index (χ0v) is 11.6. The summed E-state index contributed by atoms with van der Waals surface area (Å²) < 4.78 is 0. The van der Waals surface area contributed by atoms with Gasteiger partial charge in [0.1, 0.15) is 0 Å². The predicted molar refractivity (Wildman–Crippen MR) is 69.7 cm³/mol. The zero-order valence-electron chi connectivity index (χ0n) is 11.6. The molecule has 0 fully saturated rings. The lowest BCUT2D eigenvalue weighted by molar-refractivity contribution is -0.134. The molecule has 0 saturated heterocycles. The highest BCUT2D eigenvalue weighted by Crippen LogP contribution is 2.18. The van der Waals surface area contributed by atoms with Crippen LogP contribution in [0.3, 0.4) is 0 Å². The van der Waals surface area contributed by atoms with Crippen molar-refractivity contribution in [1.82, 2.24) is 0 Å². The van der Waals surface area contributed by atoms with Crippen LogP contribution in [-0.4, -0.2) is 57.3 Å². The summed E-state index contributed by atoms with van der Waals surface area (Å²) in [6.07, 6.45) is 0.594. The lowest BCUT2D eigenvalue weighted by Crippen LogP contribution is -2.32. The van der Waals surface area contributed by atoms with E-state index in [9.17, 15) is 4.79 Å². The highest BCUT2D eigenvalue weighted by molar-refractivity contribution is 5.84. The average molecular weight is 280 g/mol. The zero-order chi connectivity index (χ0) is 16.1. The fourth-order valence-corrected chi connectivity index (χ4v) is 0.485. The normalized spacial score (nSPS) is 9.37. The van der Waals surface area contributed by atoms with E-state index in [1.807, 2.05) is 6.92 Å². The van der Waals surface area contributed by atoms with Gasteiger partial charge < -0.3 is 25.5 Å². The molecule has 0 aliphatic heterocycles. The van der Waals surface area contributed by atoms with E-state index in [0.717, 1.165) is 6.92 Å². The van der Waals surface area contributed by atoms with E-state index in [-0.39, 0.29) is 25.4 Å². The molecule has 0 unspecified atom stereocenters. The topological polar surface area (TPSA) is 135 Å². The molecule has 0 aliphatic rings. The van der Waals surface area contributed by atoms with Gasteiger partial charge in [-0.25, -0.2) is 4.79 Å². The SMILES string of the molecule is C=C(C)C(=O)O.CC(=O)O.CCC(CO)(CO)CO. The van der Waals surface area contributed by atoms with E-state index in [0.29, 0.717) is 6.42 Å². The number of carboxylic acids is 2. The third-order valence-corrected chi connectivity index (χ3v) is 2.12. The molecule has 0 aromatic carbocycles. The van der Waals surface area contributed by atoms with Crippen LogP contribution in [0, 0.1) is 5.41 Å². The lowest BCUT2D eigenvalue weighted by Gasteiger charge is -2.24. The van der Waals surface area contributed by atoms with E-state index in [2.05, 4.69) is 6.58 Å². The van der Waals surface area contributed by atoms with E-state index >= 15 is 0 Å². The van der Waals surface area contributed by atoms with Crippen molar-refractivity contribution < 1.29 is 35.1 Å². The molecule has 5 N–H and O–H groups in total. The molecule has 7 nitrogen and oxygen atoms in total. The molecule has 0 aromatic heterocycles. The van der Waals surface area contributed by atoms with Crippen molar-refractivity contribution in [2.75, 3.05) is 19.8 Å². The molecular formula is C12H24O7. The van der Waals surface area contributed by atoms with Gasteiger partial charge in [0.05, 0.1) is 19.8 Å². The van der Waals surface area contributed by atoms with Crippen LogP contribution >= 0.6 is 0 Å². The van der Waals surface area contributed by atoms with Crippen molar-refractivity contribution in [3.63, 3.8) is 0 Å². The summed E-state index contributed by atoms with van der Waals surface area (Å²) >= 11 is 0. The number of aliphatic hydroxyl groups excluding tert-OH is 3. The number of aliphatic carboxylic acids is 2. The average Bonchev–Trinajstić information content (AvgIpc) is 2.32. The van der Waals surface area contributed by atoms with Crippen LogP contribution in [0.25, 0.3) is 0 Å². The Kier molecular flexibility index (Phi) is 15.5. The van der Waals surface area contributed by atoms with Crippen molar-refractivity contribution in [3.05, 3.63) is 12.2 Å². The van der Waals surface area contributed by atoms with Crippen LogP contribution in [0.1, 0.15) is 27.2 Å². The molecule has 0 spiro atoms. The summed E-state index contributed by atoms with van der Waals surface area (Å²) in [7, 11) is 0. The summed E-state index contributed by atoms with van der Waals surface area (Å²) in [5.74, 6) is -1.77. The molecule has 0 radical (unpaired) electrons. The smallest absolute Gasteiger partial charge is 0.330 e. The lowest BCUT2D eigenvalue weighted by atomic mass is 9.88. The maximum Gasteiger partial charge on any atom is 0.330 e. The fourth-order valence-electron chi connectivity index (χ4n) is 0.485. The Bertz CT molecular complexity index is 236. The Morgan fingerprint density at radius 2 is 1.21 bits per heavy atom. The van der Waals surface area contributed by atoms with Gasteiger partial charge in [-0.15, -0.1) is 0 Å². The summed E-state index contributed by atoms with van der Waals surface area (Å²) in [4.78, 5) is 18.6. The molecule has 0 rings (SSSR count). The Morgan fingerprint density at radius 3 is 1.21 bits per heavy atom. The molecule has 0 heterocycles. The highest BCUT2D eigenvalue weighted by atomic mass is 16.4. The Morgan fingerprint density at radius 1 is 1.00 bits per heavy atom. The van der Waals surface area contributed by atoms with Gasteiger partial charge in [0, 0.05) is 17.9 Å². The molecule has 114 valence electrons. The van der Waals surface area contributed by atoms with Crippen LogP contribution in [0.15, 0.2) is 12.2 Å². The quantitative estimate of drug-likeness (QED) is 0.450. The number of rotatable bonds is 5. The molecule has 0 bridgehead atoms. The first-order valence-electron chi connectivity index (χ1n) is 5.53. The van der Waals surface area contributed by atoms with Gasteiger partial charge in [0.15, 0.2) is 0 Å². The molecule has 0 aliphatic carbocycles. The molecule has 7 heteroatoms. The van der Waals surface area contributed by atoms with Gasteiger partial charge in [0.25, 0.3) is 5.97 Å². The summed E-state index contributed by atoms with van der Waals surface area (Å²) in [5, 5.41) is 41.3. The van der Waals surface area contributed by atoms with Gasteiger partial charge in [-0.2, -0.15) is 0 Å². The first-order chi connectivity index (χ1) is 8.62. The minimum absolute atomic E-state index is 0.156. The molecule has 0 aromatic rings. The second-order valence-corrected chi connectivity index (χ2v) is 3.93. The van der Waals surface area contributed by atoms with Gasteiger partial charge >= 0.3 is 5.97 Å². The largest absolute Gasteiger partial charge is 0.481 e. The van der Waals surface area contributed by atoms with Gasteiger partial charge in [-0.05, 0) is 13.3 Å². The molecule has 0 atom stereocenters. The van der Waals surface area contributed by atoms with Crippen LogP contribution < -0.4 is 0 Å². The second-order valence-electron chi connectivity index (χ2n) is 3.93. The van der Waals surface area contributed by atoms with E-state index < -0.39 is 17.4 Å². The summed E-state index contributed by atoms with van der Waals surface area (Å²) in [6, 6.07) is 0. The number of carbonyl (C=O) groups is 2. The monoisotopic (exact) mass is 280 g/mol. The number of hydrogen-bond donors (Lipinski definition) is 5. The molecule has 0 amide bonds. The maximum absolute atomic E-state index is 9.60. The second kappa shape index (κ2) is 13.0. The molecule has 0 saturated carbocycles. The van der Waals surface area contributed by atoms with Crippen molar-refractivity contribution in [2.45, 2.75) is 27.2 Å².